The molecular formula is C19H31BrO3. The van der Waals surface area contributed by atoms with E-state index in [1.807, 2.05) is 0 Å². The van der Waals surface area contributed by atoms with Crippen LogP contribution in [0.4, 0.5) is 0 Å². The number of unbranched alkanes of at least 4 members (excludes halogenated alkanes) is 3. The predicted octanol–water partition coefficient (Wildman–Crippen LogP) is 4.66. The molecule has 0 amide bonds. The highest BCUT2D eigenvalue weighted by molar-refractivity contribution is 9.09. The van der Waals surface area contributed by atoms with E-state index in [1.54, 1.807) is 0 Å². The van der Waals surface area contributed by atoms with E-state index in [4.69, 9.17) is 14.2 Å². The third kappa shape index (κ3) is 7.08. The van der Waals surface area contributed by atoms with Crippen molar-refractivity contribution in [2.24, 2.45) is 5.41 Å². The molecule has 0 bridgehead atoms. The summed E-state index contributed by atoms with van der Waals surface area (Å²) in [5, 5.41) is 0. The Balaban J connectivity index is 1.35. The van der Waals surface area contributed by atoms with Crippen LogP contribution in [0.2, 0.25) is 0 Å². The average molecular weight is 387 g/mol. The van der Waals surface area contributed by atoms with Crippen molar-refractivity contribution in [2.75, 3.05) is 39.6 Å². The maximum Gasteiger partial charge on any atom is 0.0713 e. The summed E-state index contributed by atoms with van der Waals surface area (Å²) in [6.07, 6.45) is 13.6. The molecule has 23 heavy (non-hydrogen) atoms. The molecule has 1 saturated heterocycles. The zero-order valence-electron chi connectivity index (χ0n) is 14.4. The second-order valence-corrected chi connectivity index (χ2v) is 7.93. The third-order valence-electron chi connectivity index (χ3n) is 4.70. The van der Waals surface area contributed by atoms with Crippen molar-refractivity contribution in [3.05, 3.63) is 23.8 Å². The van der Waals surface area contributed by atoms with E-state index in [9.17, 15) is 0 Å². The van der Waals surface area contributed by atoms with Crippen molar-refractivity contribution in [1.82, 2.24) is 0 Å². The highest BCUT2D eigenvalue weighted by Gasteiger charge is 2.36. The smallest absolute Gasteiger partial charge is 0.0713 e. The summed E-state index contributed by atoms with van der Waals surface area (Å²) in [6.45, 7) is 7.34. The Morgan fingerprint density at radius 3 is 2.48 bits per heavy atom. The van der Waals surface area contributed by atoms with Gasteiger partial charge in [0.05, 0.1) is 26.4 Å². The molecule has 2 rings (SSSR count). The molecule has 2 aliphatic rings. The molecule has 1 unspecified atom stereocenters. The van der Waals surface area contributed by atoms with Crippen LogP contribution in [0.1, 0.15) is 45.4 Å². The minimum atomic E-state index is 0.324. The Hall–Kier alpha value is -0.160. The minimum Gasteiger partial charge on any atom is -0.381 e. The Kier molecular flexibility index (Phi) is 8.88. The molecule has 4 heteroatoms. The number of ether oxygens (including phenoxy) is 3. The molecule has 132 valence electrons. The fourth-order valence-corrected chi connectivity index (χ4v) is 3.11. The maximum absolute atomic E-state index is 5.82. The molecular weight excluding hydrogens is 356 g/mol. The van der Waals surface area contributed by atoms with Crippen LogP contribution in [0.5, 0.6) is 0 Å². The lowest BCUT2D eigenvalue weighted by Crippen LogP contribution is -2.45. The molecule has 0 radical (unpaired) electrons. The van der Waals surface area contributed by atoms with E-state index in [-0.39, 0.29) is 0 Å². The van der Waals surface area contributed by atoms with Gasteiger partial charge in [-0.25, -0.2) is 0 Å². The predicted molar refractivity (Wildman–Crippen MR) is 98.2 cm³/mol. The van der Waals surface area contributed by atoms with Crippen molar-refractivity contribution < 1.29 is 14.2 Å². The van der Waals surface area contributed by atoms with Crippen LogP contribution in [0.15, 0.2) is 23.8 Å². The number of hydrogen-bond acceptors (Lipinski definition) is 3. The first-order valence-corrected chi connectivity index (χ1v) is 9.90. The average Bonchev–Trinajstić information content (AvgIpc) is 2.53. The monoisotopic (exact) mass is 386 g/mol. The molecule has 1 aliphatic carbocycles. The second kappa shape index (κ2) is 10.7. The topological polar surface area (TPSA) is 27.7 Å². The molecule has 0 N–H and O–H groups in total. The van der Waals surface area contributed by atoms with Crippen molar-refractivity contribution in [1.29, 1.82) is 0 Å². The van der Waals surface area contributed by atoms with E-state index in [0.717, 1.165) is 65.3 Å². The van der Waals surface area contributed by atoms with Gasteiger partial charge >= 0.3 is 0 Å². The molecule has 1 aliphatic heterocycles. The highest BCUT2D eigenvalue weighted by Crippen LogP contribution is 2.31. The van der Waals surface area contributed by atoms with Crippen LogP contribution in [0.25, 0.3) is 0 Å². The van der Waals surface area contributed by atoms with E-state index < -0.39 is 0 Å². The number of allylic oxidation sites excluding steroid dienone is 2. The molecule has 1 heterocycles. The van der Waals surface area contributed by atoms with Gasteiger partial charge in [-0.05, 0) is 31.3 Å². The van der Waals surface area contributed by atoms with Gasteiger partial charge in [-0.1, -0.05) is 53.9 Å². The zero-order chi connectivity index (χ0) is 16.4. The fourth-order valence-electron chi connectivity index (χ4n) is 2.77. The zero-order valence-corrected chi connectivity index (χ0v) is 16.0. The summed E-state index contributed by atoms with van der Waals surface area (Å²) >= 11 is 3.58. The molecule has 0 saturated carbocycles. The second-order valence-electron chi connectivity index (χ2n) is 6.76. The van der Waals surface area contributed by atoms with Crippen LogP contribution < -0.4 is 0 Å². The van der Waals surface area contributed by atoms with Gasteiger partial charge in [0.1, 0.15) is 0 Å². The standard InChI is InChI=1S/C19H31BrO3/c1-2-19(15-23-16-19)14-22-12-6-4-3-5-11-21-13-17-7-9-18(20)10-8-17/h7-9,18H,2-6,10-16H2,1H3. The van der Waals surface area contributed by atoms with Gasteiger partial charge in [0, 0.05) is 23.5 Å². The van der Waals surface area contributed by atoms with E-state index >= 15 is 0 Å². The summed E-state index contributed by atoms with van der Waals surface area (Å²) in [5.41, 5.74) is 1.63. The highest BCUT2D eigenvalue weighted by atomic mass is 79.9. The Labute approximate surface area is 149 Å². The first kappa shape index (κ1) is 19.2. The lowest BCUT2D eigenvalue weighted by atomic mass is 9.84. The quantitative estimate of drug-likeness (QED) is 0.360. The number of alkyl halides is 1. The molecule has 0 aromatic rings. The first-order valence-electron chi connectivity index (χ1n) is 8.99. The van der Waals surface area contributed by atoms with Crippen molar-refractivity contribution in [2.45, 2.75) is 50.3 Å². The van der Waals surface area contributed by atoms with Gasteiger partial charge in [-0.15, -0.1) is 0 Å². The summed E-state index contributed by atoms with van der Waals surface area (Å²) in [7, 11) is 0. The number of hydrogen-bond donors (Lipinski definition) is 0. The Bertz CT molecular complexity index is 383. The van der Waals surface area contributed by atoms with Crippen LogP contribution in [-0.4, -0.2) is 44.5 Å². The Morgan fingerprint density at radius 2 is 1.91 bits per heavy atom. The lowest BCUT2D eigenvalue weighted by molar-refractivity contribution is -0.150. The molecule has 0 spiro atoms. The van der Waals surface area contributed by atoms with E-state index in [2.05, 4.69) is 41.1 Å². The van der Waals surface area contributed by atoms with Crippen molar-refractivity contribution >= 4 is 15.9 Å². The molecule has 3 nitrogen and oxygen atoms in total. The van der Waals surface area contributed by atoms with E-state index in [1.165, 1.54) is 18.4 Å². The summed E-state index contributed by atoms with van der Waals surface area (Å²) in [5.74, 6) is 0. The number of rotatable bonds is 12. The first-order chi connectivity index (χ1) is 11.2. The summed E-state index contributed by atoms with van der Waals surface area (Å²) in [6, 6.07) is 0. The summed E-state index contributed by atoms with van der Waals surface area (Å²) < 4.78 is 16.9. The Morgan fingerprint density at radius 1 is 1.17 bits per heavy atom. The molecule has 0 aromatic heterocycles. The van der Waals surface area contributed by atoms with Gasteiger partial charge in [0.25, 0.3) is 0 Å². The van der Waals surface area contributed by atoms with Gasteiger partial charge in [-0.2, -0.15) is 0 Å². The van der Waals surface area contributed by atoms with Crippen LogP contribution in [-0.2, 0) is 14.2 Å². The van der Waals surface area contributed by atoms with Gasteiger partial charge in [-0.3, -0.25) is 0 Å². The largest absolute Gasteiger partial charge is 0.381 e. The number of halogens is 1. The van der Waals surface area contributed by atoms with Gasteiger partial charge in [0.15, 0.2) is 0 Å². The lowest BCUT2D eigenvalue weighted by Gasteiger charge is -2.40. The molecule has 0 aromatic carbocycles. The minimum absolute atomic E-state index is 0.324. The van der Waals surface area contributed by atoms with Crippen LogP contribution in [0.3, 0.4) is 0 Å². The van der Waals surface area contributed by atoms with Crippen molar-refractivity contribution in [3.8, 4) is 0 Å². The maximum atomic E-state index is 5.82. The SMILES string of the molecule is CCC1(COCCCCCCOCC2=CCC(Br)C=C2)COC1. The summed E-state index contributed by atoms with van der Waals surface area (Å²) in [4.78, 5) is 0.498. The third-order valence-corrected chi connectivity index (χ3v) is 5.37. The van der Waals surface area contributed by atoms with E-state index in [0.29, 0.717) is 10.2 Å². The van der Waals surface area contributed by atoms with Gasteiger partial charge in [0.2, 0.25) is 0 Å². The molecule has 1 atom stereocenters. The van der Waals surface area contributed by atoms with Crippen LogP contribution in [0, 0.1) is 5.41 Å². The normalized spacial score (nSPS) is 22.7. The van der Waals surface area contributed by atoms with Crippen LogP contribution >= 0.6 is 15.9 Å². The fraction of sp³-hybridized carbons (Fsp3) is 0.789. The molecule has 1 fully saturated rings. The van der Waals surface area contributed by atoms with Crippen molar-refractivity contribution in [3.63, 3.8) is 0 Å². The van der Waals surface area contributed by atoms with Gasteiger partial charge < -0.3 is 14.2 Å².